The van der Waals surface area contributed by atoms with Crippen molar-refractivity contribution in [1.29, 1.82) is 0 Å². The fourth-order valence-corrected chi connectivity index (χ4v) is 1.98. The fraction of sp³-hybridized carbons (Fsp3) is 0.312. The Bertz CT molecular complexity index is 543. The molecule has 0 saturated carbocycles. The van der Waals surface area contributed by atoms with Crippen molar-refractivity contribution < 1.29 is 9.84 Å². The number of benzene rings is 1. The normalized spacial score (nSPS) is 12.1. The molecule has 0 bridgehead atoms. The number of aromatic hydroxyl groups is 1. The van der Waals surface area contributed by atoms with Crippen molar-refractivity contribution in [2.24, 2.45) is 0 Å². The van der Waals surface area contributed by atoms with Crippen LogP contribution in [0.25, 0.3) is 0 Å². The molecule has 0 saturated heterocycles. The van der Waals surface area contributed by atoms with Gasteiger partial charge in [-0.15, -0.1) is 0 Å². The van der Waals surface area contributed by atoms with Gasteiger partial charge in [-0.05, 0) is 49.2 Å². The molecule has 0 amide bonds. The minimum absolute atomic E-state index is 0.179. The van der Waals surface area contributed by atoms with Gasteiger partial charge in [0.05, 0.1) is 6.61 Å². The summed E-state index contributed by atoms with van der Waals surface area (Å²) in [7, 11) is 0. The molecule has 2 rings (SSSR count). The number of nitrogens with one attached hydrogen (secondary N) is 1. The predicted octanol–water partition coefficient (Wildman–Crippen LogP) is 3.04. The minimum atomic E-state index is 0.179. The highest BCUT2D eigenvalue weighted by molar-refractivity contribution is 5.41. The zero-order valence-corrected chi connectivity index (χ0v) is 11.8. The quantitative estimate of drug-likeness (QED) is 0.848. The van der Waals surface area contributed by atoms with Crippen LogP contribution in [0.4, 0.5) is 0 Å². The van der Waals surface area contributed by atoms with E-state index in [9.17, 15) is 5.11 Å². The summed E-state index contributed by atoms with van der Waals surface area (Å²) in [5, 5.41) is 13.1. The number of phenols is 1. The smallest absolute Gasteiger partial charge is 0.161 e. The van der Waals surface area contributed by atoms with Crippen molar-refractivity contribution in [2.45, 2.75) is 26.4 Å². The lowest BCUT2D eigenvalue weighted by Gasteiger charge is -2.15. The Kier molecular flexibility index (Phi) is 4.96. The first-order chi connectivity index (χ1) is 9.70. The molecule has 4 nitrogen and oxygen atoms in total. The van der Waals surface area contributed by atoms with Crippen molar-refractivity contribution >= 4 is 0 Å². The third kappa shape index (κ3) is 3.71. The minimum Gasteiger partial charge on any atom is -0.504 e. The number of hydrogen-bond donors (Lipinski definition) is 2. The second-order valence-electron chi connectivity index (χ2n) is 4.62. The number of phenolic OH excluding ortho intramolecular Hbond substituents is 1. The van der Waals surface area contributed by atoms with Gasteiger partial charge in [-0.3, -0.25) is 4.98 Å². The van der Waals surface area contributed by atoms with Crippen molar-refractivity contribution in [3.63, 3.8) is 0 Å². The van der Waals surface area contributed by atoms with Crippen LogP contribution < -0.4 is 10.1 Å². The van der Waals surface area contributed by atoms with Crippen LogP contribution in [-0.2, 0) is 6.54 Å². The van der Waals surface area contributed by atoms with Crippen LogP contribution in [0.15, 0.2) is 42.7 Å². The van der Waals surface area contributed by atoms with Crippen LogP contribution in [0.2, 0.25) is 0 Å². The van der Waals surface area contributed by atoms with Gasteiger partial charge in [-0.2, -0.15) is 0 Å². The average Bonchev–Trinajstić information content (AvgIpc) is 2.49. The van der Waals surface area contributed by atoms with Crippen LogP contribution >= 0.6 is 0 Å². The molecule has 2 aromatic rings. The van der Waals surface area contributed by atoms with Gasteiger partial charge in [0.1, 0.15) is 0 Å². The monoisotopic (exact) mass is 272 g/mol. The Morgan fingerprint density at radius 1 is 1.25 bits per heavy atom. The maximum absolute atomic E-state index is 9.67. The second-order valence-corrected chi connectivity index (χ2v) is 4.62. The Morgan fingerprint density at radius 2 is 2.00 bits per heavy atom. The number of ether oxygens (including phenoxy) is 1. The molecule has 0 aliphatic carbocycles. The zero-order chi connectivity index (χ0) is 14.4. The standard InChI is InChI=1S/C16H20N2O2/c1-3-20-16-10-13(4-5-15(16)19)11-18-12(2)14-6-8-17-9-7-14/h4-10,12,18-19H,3,11H2,1-2H3. The van der Waals surface area contributed by atoms with Gasteiger partial charge < -0.3 is 15.2 Å². The van der Waals surface area contributed by atoms with E-state index in [-0.39, 0.29) is 11.8 Å². The Labute approximate surface area is 119 Å². The van der Waals surface area contributed by atoms with Crippen molar-refractivity contribution in [2.75, 3.05) is 6.61 Å². The van der Waals surface area contributed by atoms with Crippen molar-refractivity contribution in [1.82, 2.24) is 10.3 Å². The lowest BCUT2D eigenvalue weighted by molar-refractivity contribution is 0.317. The Balaban J connectivity index is 1.98. The number of aromatic nitrogens is 1. The van der Waals surface area contributed by atoms with Crippen LogP contribution in [0, 0.1) is 0 Å². The van der Waals surface area contributed by atoms with Crippen molar-refractivity contribution in [3.05, 3.63) is 53.9 Å². The van der Waals surface area contributed by atoms with Gasteiger partial charge in [-0.25, -0.2) is 0 Å². The maximum Gasteiger partial charge on any atom is 0.161 e. The summed E-state index contributed by atoms with van der Waals surface area (Å²) in [5.74, 6) is 0.709. The first-order valence-electron chi connectivity index (χ1n) is 6.78. The van der Waals surface area contributed by atoms with Gasteiger partial charge >= 0.3 is 0 Å². The van der Waals surface area contributed by atoms with Gasteiger partial charge in [0.25, 0.3) is 0 Å². The van der Waals surface area contributed by atoms with E-state index in [0.29, 0.717) is 18.9 Å². The van der Waals surface area contributed by atoms with Gasteiger partial charge in [-0.1, -0.05) is 6.07 Å². The van der Waals surface area contributed by atoms with Crippen LogP contribution in [0.5, 0.6) is 11.5 Å². The third-order valence-electron chi connectivity index (χ3n) is 3.14. The largest absolute Gasteiger partial charge is 0.504 e. The first kappa shape index (κ1) is 14.3. The van der Waals surface area contributed by atoms with E-state index in [1.807, 2.05) is 31.2 Å². The lowest BCUT2D eigenvalue weighted by atomic mass is 10.1. The summed E-state index contributed by atoms with van der Waals surface area (Å²) in [5.41, 5.74) is 2.27. The van der Waals surface area contributed by atoms with E-state index in [2.05, 4.69) is 17.2 Å². The molecule has 1 aromatic heterocycles. The maximum atomic E-state index is 9.67. The highest BCUT2D eigenvalue weighted by Gasteiger charge is 2.06. The molecule has 0 spiro atoms. The van der Waals surface area contributed by atoms with E-state index < -0.39 is 0 Å². The van der Waals surface area contributed by atoms with Crippen LogP contribution in [0.3, 0.4) is 0 Å². The summed E-state index contributed by atoms with van der Waals surface area (Å²) in [4.78, 5) is 4.02. The molecule has 0 aliphatic rings. The molecule has 106 valence electrons. The molecule has 0 aliphatic heterocycles. The number of hydrogen-bond acceptors (Lipinski definition) is 4. The summed E-state index contributed by atoms with van der Waals surface area (Å²) in [6.07, 6.45) is 3.59. The molecule has 1 atom stereocenters. The van der Waals surface area contributed by atoms with E-state index >= 15 is 0 Å². The SMILES string of the molecule is CCOc1cc(CNC(C)c2ccncc2)ccc1O. The molecule has 20 heavy (non-hydrogen) atoms. The molecule has 0 radical (unpaired) electrons. The van der Waals surface area contributed by atoms with E-state index in [1.165, 1.54) is 5.56 Å². The molecule has 4 heteroatoms. The van der Waals surface area contributed by atoms with Gasteiger partial charge in [0, 0.05) is 25.0 Å². The number of rotatable bonds is 6. The summed E-state index contributed by atoms with van der Waals surface area (Å²) in [6, 6.07) is 9.66. The molecule has 1 aromatic carbocycles. The highest BCUT2D eigenvalue weighted by Crippen LogP contribution is 2.27. The summed E-state index contributed by atoms with van der Waals surface area (Å²) < 4.78 is 5.38. The first-order valence-corrected chi connectivity index (χ1v) is 6.78. The Hall–Kier alpha value is -2.07. The summed E-state index contributed by atoms with van der Waals surface area (Å²) >= 11 is 0. The molecule has 1 unspecified atom stereocenters. The topological polar surface area (TPSA) is 54.4 Å². The average molecular weight is 272 g/mol. The van der Waals surface area contributed by atoms with Crippen molar-refractivity contribution in [3.8, 4) is 11.5 Å². The molecule has 1 heterocycles. The molecule has 0 fully saturated rings. The third-order valence-corrected chi connectivity index (χ3v) is 3.14. The molecule has 2 N–H and O–H groups in total. The predicted molar refractivity (Wildman–Crippen MR) is 78.8 cm³/mol. The summed E-state index contributed by atoms with van der Waals surface area (Å²) in [6.45, 7) is 5.26. The number of nitrogens with zero attached hydrogens (tertiary/aromatic N) is 1. The second kappa shape index (κ2) is 6.91. The van der Waals surface area contributed by atoms with Crippen LogP contribution in [-0.4, -0.2) is 16.7 Å². The zero-order valence-electron chi connectivity index (χ0n) is 11.8. The van der Waals surface area contributed by atoms with E-state index in [0.717, 1.165) is 5.56 Å². The lowest BCUT2D eigenvalue weighted by Crippen LogP contribution is -2.18. The fourth-order valence-electron chi connectivity index (χ4n) is 1.98. The number of pyridine rings is 1. The molecular formula is C16H20N2O2. The molecular weight excluding hydrogens is 252 g/mol. The van der Waals surface area contributed by atoms with E-state index in [4.69, 9.17) is 4.74 Å². The van der Waals surface area contributed by atoms with Crippen LogP contribution in [0.1, 0.15) is 31.0 Å². The van der Waals surface area contributed by atoms with Gasteiger partial charge in [0.2, 0.25) is 0 Å². The Morgan fingerprint density at radius 3 is 2.70 bits per heavy atom. The highest BCUT2D eigenvalue weighted by atomic mass is 16.5. The van der Waals surface area contributed by atoms with Gasteiger partial charge in [0.15, 0.2) is 11.5 Å². The van der Waals surface area contributed by atoms with E-state index in [1.54, 1.807) is 18.5 Å².